The predicted molar refractivity (Wildman–Crippen MR) is 112 cm³/mol. The van der Waals surface area contributed by atoms with Gasteiger partial charge in [0.25, 0.3) is 5.91 Å². The molecular formula is C23H24N4O2. The number of rotatable bonds is 3. The van der Waals surface area contributed by atoms with Crippen molar-refractivity contribution >= 4 is 11.8 Å². The highest BCUT2D eigenvalue weighted by Gasteiger charge is 2.27. The number of piperazine rings is 1. The maximum Gasteiger partial charge on any atom is 0.257 e. The molecule has 2 amide bonds. The highest BCUT2D eigenvalue weighted by atomic mass is 16.2. The summed E-state index contributed by atoms with van der Waals surface area (Å²) in [6.45, 7) is 5.78. The van der Waals surface area contributed by atoms with Gasteiger partial charge in [0.1, 0.15) is 5.69 Å². The first kappa shape index (κ1) is 18.9. The molecule has 0 aliphatic carbocycles. The van der Waals surface area contributed by atoms with E-state index in [1.807, 2.05) is 72.6 Å². The fraction of sp³-hybridized carbons (Fsp3) is 0.261. The van der Waals surface area contributed by atoms with Crippen molar-refractivity contribution in [2.45, 2.75) is 13.8 Å². The number of aromatic nitrogens is 2. The normalized spacial score (nSPS) is 14.1. The fourth-order valence-corrected chi connectivity index (χ4v) is 3.64. The first-order valence-corrected chi connectivity index (χ1v) is 9.80. The quantitative estimate of drug-likeness (QED) is 0.693. The fourth-order valence-electron chi connectivity index (χ4n) is 3.64. The largest absolute Gasteiger partial charge is 0.339 e. The third-order valence-corrected chi connectivity index (χ3v) is 5.27. The van der Waals surface area contributed by atoms with Crippen LogP contribution in [0.25, 0.3) is 16.9 Å². The Morgan fingerprint density at radius 2 is 1.59 bits per heavy atom. The van der Waals surface area contributed by atoms with Crippen LogP contribution in [0.1, 0.15) is 22.8 Å². The standard InChI is InChI=1S/C23H24N4O2/c1-17-7-6-8-19(15-17)22-21(16-27(24-22)20-9-4-3-5-10-20)23(29)26-13-11-25(12-14-26)18(2)28/h3-10,15-16H,11-14H2,1-2H3. The van der Waals surface area contributed by atoms with E-state index in [-0.39, 0.29) is 11.8 Å². The van der Waals surface area contributed by atoms with E-state index in [1.165, 1.54) is 0 Å². The summed E-state index contributed by atoms with van der Waals surface area (Å²) in [5, 5.41) is 4.76. The second-order valence-electron chi connectivity index (χ2n) is 7.34. The van der Waals surface area contributed by atoms with Crippen molar-refractivity contribution in [2.75, 3.05) is 26.2 Å². The van der Waals surface area contributed by atoms with Crippen molar-refractivity contribution in [3.05, 3.63) is 71.9 Å². The number of hydrogen-bond acceptors (Lipinski definition) is 3. The van der Waals surface area contributed by atoms with E-state index >= 15 is 0 Å². The predicted octanol–water partition coefficient (Wildman–Crippen LogP) is 3.15. The molecule has 0 N–H and O–H groups in total. The van der Waals surface area contributed by atoms with Crippen LogP contribution < -0.4 is 0 Å². The molecule has 0 saturated carbocycles. The van der Waals surface area contributed by atoms with Crippen molar-refractivity contribution in [3.63, 3.8) is 0 Å². The van der Waals surface area contributed by atoms with Gasteiger partial charge >= 0.3 is 0 Å². The van der Waals surface area contributed by atoms with E-state index in [0.717, 1.165) is 16.8 Å². The van der Waals surface area contributed by atoms with E-state index in [2.05, 4.69) is 0 Å². The number of benzene rings is 2. The monoisotopic (exact) mass is 388 g/mol. The minimum Gasteiger partial charge on any atom is -0.339 e. The third kappa shape index (κ3) is 3.92. The van der Waals surface area contributed by atoms with Crippen molar-refractivity contribution in [2.24, 2.45) is 0 Å². The van der Waals surface area contributed by atoms with Gasteiger partial charge < -0.3 is 9.80 Å². The number of nitrogens with zero attached hydrogens (tertiary/aromatic N) is 4. The Morgan fingerprint density at radius 3 is 2.24 bits per heavy atom. The first-order valence-electron chi connectivity index (χ1n) is 9.80. The Balaban J connectivity index is 1.70. The summed E-state index contributed by atoms with van der Waals surface area (Å²) in [6, 6.07) is 17.8. The summed E-state index contributed by atoms with van der Waals surface area (Å²) in [5.74, 6) is 0.00124. The SMILES string of the molecule is CC(=O)N1CCN(C(=O)c2cn(-c3ccccc3)nc2-c2cccc(C)c2)CC1. The molecule has 0 bridgehead atoms. The van der Waals surface area contributed by atoms with Gasteiger partial charge in [0.05, 0.1) is 11.3 Å². The Kier molecular flexibility index (Phi) is 5.16. The molecule has 1 saturated heterocycles. The number of aryl methyl sites for hydroxylation is 1. The van der Waals surface area contributed by atoms with Gasteiger partial charge in [-0.05, 0) is 25.1 Å². The molecule has 0 unspecified atom stereocenters. The molecule has 4 rings (SSSR count). The van der Waals surface area contributed by atoms with E-state index < -0.39 is 0 Å². The maximum absolute atomic E-state index is 13.4. The summed E-state index contributed by atoms with van der Waals surface area (Å²) in [5.41, 5.74) is 4.20. The van der Waals surface area contributed by atoms with E-state index in [0.29, 0.717) is 37.4 Å². The summed E-state index contributed by atoms with van der Waals surface area (Å²) in [6.07, 6.45) is 1.81. The Hall–Kier alpha value is -3.41. The van der Waals surface area contributed by atoms with Crippen LogP contribution in [-0.4, -0.2) is 57.6 Å². The molecule has 148 valence electrons. The van der Waals surface area contributed by atoms with Gasteiger partial charge in [-0.1, -0.05) is 42.0 Å². The van der Waals surface area contributed by atoms with Crippen LogP contribution in [0.5, 0.6) is 0 Å². The van der Waals surface area contributed by atoms with Crippen molar-refractivity contribution in [1.82, 2.24) is 19.6 Å². The molecule has 2 aromatic carbocycles. The van der Waals surface area contributed by atoms with Gasteiger partial charge in [0.2, 0.25) is 5.91 Å². The third-order valence-electron chi connectivity index (χ3n) is 5.27. The van der Waals surface area contributed by atoms with Crippen molar-refractivity contribution in [1.29, 1.82) is 0 Å². The molecule has 0 radical (unpaired) electrons. The van der Waals surface area contributed by atoms with Crippen molar-refractivity contribution in [3.8, 4) is 16.9 Å². The molecule has 1 fully saturated rings. The number of carbonyl (C=O) groups is 2. The smallest absolute Gasteiger partial charge is 0.257 e. The summed E-state index contributed by atoms with van der Waals surface area (Å²) >= 11 is 0. The lowest BCUT2D eigenvalue weighted by Gasteiger charge is -2.34. The zero-order valence-corrected chi connectivity index (χ0v) is 16.7. The number of carbonyl (C=O) groups excluding carboxylic acids is 2. The molecule has 29 heavy (non-hydrogen) atoms. The summed E-state index contributed by atoms with van der Waals surface area (Å²) in [7, 11) is 0. The van der Waals surface area contributed by atoms with Crippen LogP contribution in [-0.2, 0) is 4.79 Å². The average molecular weight is 388 g/mol. The Morgan fingerprint density at radius 1 is 0.897 bits per heavy atom. The lowest BCUT2D eigenvalue weighted by atomic mass is 10.0. The molecule has 0 atom stereocenters. The second-order valence-corrected chi connectivity index (χ2v) is 7.34. The van der Waals surface area contributed by atoms with E-state index in [4.69, 9.17) is 5.10 Å². The first-order chi connectivity index (χ1) is 14.0. The van der Waals surface area contributed by atoms with Crippen LogP contribution in [0.2, 0.25) is 0 Å². The van der Waals surface area contributed by atoms with Gasteiger partial charge in [0.15, 0.2) is 0 Å². The van der Waals surface area contributed by atoms with Gasteiger partial charge in [-0.15, -0.1) is 0 Å². The van der Waals surface area contributed by atoms with Crippen molar-refractivity contribution < 1.29 is 9.59 Å². The van der Waals surface area contributed by atoms with Gasteiger partial charge in [-0.3, -0.25) is 9.59 Å². The number of amides is 2. The zero-order valence-electron chi connectivity index (χ0n) is 16.7. The van der Waals surface area contributed by atoms with Gasteiger partial charge in [-0.2, -0.15) is 5.10 Å². The zero-order chi connectivity index (χ0) is 20.4. The average Bonchev–Trinajstić information content (AvgIpc) is 3.19. The molecule has 6 nitrogen and oxygen atoms in total. The molecule has 1 aromatic heterocycles. The van der Waals surface area contributed by atoms with Crippen LogP contribution in [0.15, 0.2) is 60.8 Å². The highest BCUT2D eigenvalue weighted by Crippen LogP contribution is 2.26. The van der Waals surface area contributed by atoms with Crippen LogP contribution >= 0.6 is 0 Å². The molecule has 0 spiro atoms. The topological polar surface area (TPSA) is 58.4 Å². The minimum atomic E-state index is -0.0492. The molecule has 3 aromatic rings. The van der Waals surface area contributed by atoms with Crippen LogP contribution in [0.3, 0.4) is 0 Å². The van der Waals surface area contributed by atoms with Crippen LogP contribution in [0, 0.1) is 6.92 Å². The molecule has 1 aliphatic rings. The second kappa shape index (κ2) is 7.91. The lowest BCUT2D eigenvalue weighted by Crippen LogP contribution is -2.50. The number of hydrogen-bond donors (Lipinski definition) is 0. The lowest BCUT2D eigenvalue weighted by molar-refractivity contribution is -0.130. The van der Waals surface area contributed by atoms with Gasteiger partial charge in [-0.25, -0.2) is 4.68 Å². The molecule has 1 aliphatic heterocycles. The van der Waals surface area contributed by atoms with Gasteiger partial charge in [0, 0.05) is 44.9 Å². The molecule has 2 heterocycles. The van der Waals surface area contributed by atoms with Crippen LogP contribution in [0.4, 0.5) is 0 Å². The maximum atomic E-state index is 13.4. The summed E-state index contributed by atoms with van der Waals surface area (Å²) < 4.78 is 1.76. The Labute approximate surface area is 170 Å². The van der Waals surface area contributed by atoms with E-state index in [9.17, 15) is 9.59 Å². The molecule has 6 heteroatoms. The molecular weight excluding hydrogens is 364 g/mol. The van der Waals surface area contributed by atoms with E-state index in [1.54, 1.807) is 16.5 Å². The minimum absolute atomic E-state index is 0.0492. The Bertz CT molecular complexity index is 1030. The summed E-state index contributed by atoms with van der Waals surface area (Å²) in [4.78, 5) is 28.5. The number of para-hydroxylation sites is 1. The highest BCUT2D eigenvalue weighted by molar-refractivity contribution is 6.00.